The Bertz CT molecular complexity index is 1440. The molecular formula is C37H46Cl2O7. The van der Waals surface area contributed by atoms with Crippen LogP contribution >= 0.6 is 23.2 Å². The van der Waals surface area contributed by atoms with Gasteiger partial charge in [0.1, 0.15) is 12.2 Å². The van der Waals surface area contributed by atoms with E-state index in [1.807, 2.05) is 13.8 Å². The molecule has 46 heavy (non-hydrogen) atoms. The standard InChI is InChI=1S/C37H46Cl2O7/c1-24-6-15-29-34(4)22-44-33(2,3)45-30(34)16-17-35(29,5)37(24)19-18-36(46-37,23-43-32(41)26-9-13-28(39)14-10-26)20-21-42-31(40)25-7-11-27(38)12-8-25/h7-14,24,29-30H,6,15-23H2,1-5H3/t24-,29-,30+,34+,35+,36-,37+/m1/s1. The Morgan fingerprint density at radius 2 is 1.43 bits per heavy atom. The maximum absolute atomic E-state index is 13.2. The monoisotopic (exact) mass is 672 g/mol. The van der Waals surface area contributed by atoms with E-state index >= 15 is 0 Å². The predicted octanol–water partition coefficient (Wildman–Crippen LogP) is 8.69. The fraction of sp³-hybridized carbons (Fsp3) is 0.622. The normalized spacial score (nSPS) is 36.5. The van der Waals surface area contributed by atoms with Crippen molar-refractivity contribution in [3.63, 3.8) is 0 Å². The Kier molecular flexibility index (Phi) is 9.08. The van der Waals surface area contributed by atoms with Gasteiger partial charge in [-0.1, -0.05) is 44.0 Å². The van der Waals surface area contributed by atoms with Gasteiger partial charge in [0.05, 0.1) is 36.0 Å². The van der Waals surface area contributed by atoms with E-state index in [4.69, 9.17) is 46.9 Å². The second kappa shape index (κ2) is 12.4. The molecule has 0 aromatic heterocycles. The minimum atomic E-state index is -0.819. The van der Waals surface area contributed by atoms with Crippen molar-refractivity contribution < 1.29 is 33.3 Å². The topological polar surface area (TPSA) is 80.3 Å². The number of esters is 2. The average molecular weight is 674 g/mol. The first-order valence-electron chi connectivity index (χ1n) is 16.6. The van der Waals surface area contributed by atoms with Gasteiger partial charge in [-0.2, -0.15) is 0 Å². The van der Waals surface area contributed by atoms with Crippen molar-refractivity contribution in [2.24, 2.45) is 22.7 Å². The molecule has 250 valence electrons. The Balaban J connectivity index is 1.25. The lowest BCUT2D eigenvalue weighted by molar-refractivity contribution is -0.359. The molecule has 4 aliphatic rings. The zero-order valence-electron chi connectivity index (χ0n) is 27.5. The molecule has 0 amide bonds. The van der Waals surface area contributed by atoms with Crippen LogP contribution in [0.15, 0.2) is 48.5 Å². The smallest absolute Gasteiger partial charge is 0.338 e. The maximum Gasteiger partial charge on any atom is 0.338 e. The Hall–Kier alpha value is -2.16. The van der Waals surface area contributed by atoms with Crippen molar-refractivity contribution in [1.29, 1.82) is 0 Å². The number of benzene rings is 2. The van der Waals surface area contributed by atoms with Crippen molar-refractivity contribution in [2.75, 3.05) is 19.8 Å². The molecule has 2 saturated carbocycles. The van der Waals surface area contributed by atoms with Crippen LogP contribution in [-0.2, 0) is 23.7 Å². The highest BCUT2D eigenvalue weighted by Crippen LogP contribution is 2.69. The minimum Gasteiger partial charge on any atom is -0.462 e. The summed E-state index contributed by atoms with van der Waals surface area (Å²) in [5, 5.41) is 1.10. The van der Waals surface area contributed by atoms with Crippen LogP contribution in [0.2, 0.25) is 10.0 Å². The van der Waals surface area contributed by atoms with E-state index in [0.717, 1.165) is 32.1 Å². The average Bonchev–Trinajstić information content (AvgIpc) is 3.41. The molecular weight excluding hydrogens is 627 g/mol. The number of fused-ring (bicyclic) bond motifs is 4. The first kappa shape index (κ1) is 33.7. The van der Waals surface area contributed by atoms with Crippen LogP contribution in [0.4, 0.5) is 0 Å². The van der Waals surface area contributed by atoms with E-state index in [1.165, 1.54) is 0 Å². The highest BCUT2D eigenvalue weighted by molar-refractivity contribution is 6.31. The van der Waals surface area contributed by atoms with Crippen molar-refractivity contribution in [3.8, 4) is 0 Å². The first-order valence-corrected chi connectivity index (χ1v) is 17.3. The van der Waals surface area contributed by atoms with Gasteiger partial charge in [-0.05, 0) is 113 Å². The summed E-state index contributed by atoms with van der Waals surface area (Å²) < 4.78 is 32.0. The Morgan fingerprint density at radius 3 is 2.07 bits per heavy atom. The number of ether oxygens (including phenoxy) is 5. The van der Waals surface area contributed by atoms with Crippen LogP contribution in [0.5, 0.6) is 0 Å². The van der Waals surface area contributed by atoms with E-state index in [9.17, 15) is 9.59 Å². The lowest BCUT2D eigenvalue weighted by Gasteiger charge is -2.67. The predicted molar refractivity (Wildman–Crippen MR) is 176 cm³/mol. The number of hydrogen-bond acceptors (Lipinski definition) is 7. The van der Waals surface area contributed by atoms with E-state index in [0.29, 0.717) is 52.5 Å². The van der Waals surface area contributed by atoms with Gasteiger partial charge in [0.2, 0.25) is 0 Å². The summed E-state index contributed by atoms with van der Waals surface area (Å²) in [5.41, 5.74) is -0.695. The highest BCUT2D eigenvalue weighted by Gasteiger charge is 2.70. The third kappa shape index (κ3) is 6.00. The van der Waals surface area contributed by atoms with Gasteiger partial charge in [0.15, 0.2) is 5.79 Å². The van der Waals surface area contributed by atoms with Crippen molar-refractivity contribution in [3.05, 3.63) is 69.7 Å². The Labute approximate surface area is 282 Å². The number of carbonyl (C=O) groups excluding carboxylic acids is 2. The molecule has 7 nitrogen and oxygen atoms in total. The van der Waals surface area contributed by atoms with Gasteiger partial charge in [-0.25, -0.2) is 9.59 Å². The van der Waals surface area contributed by atoms with Gasteiger partial charge in [0.25, 0.3) is 0 Å². The molecule has 0 unspecified atom stereocenters. The summed E-state index contributed by atoms with van der Waals surface area (Å²) in [5.74, 6) is -0.829. The van der Waals surface area contributed by atoms with Gasteiger partial charge in [-0.3, -0.25) is 0 Å². The lowest BCUT2D eigenvalue weighted by Crippen LogP contribution is -2.69. The van der Waals surface area contributed by atoms with E-state index in [-0.39, 0.29) is 30.1 Å². The molecule has 6 rings (SSSR count). The fourth-order valence-electron chi connectivity index (χ4n) is 9.21. The molecule has 2 saturated heterocycles. The number of carbonyl (C=O) groups is 2. The van der Waals surface area contributed by atoms with Gasteiger partial charge in [-0.15, -0.1) is 0 Å². The molecule has 0 N–H and O–H groups in total. The van der Waals surface area contributed by atoms with Crippen LogP contribution in [-0.4, -0.2) is 54.9 Å². The van der Waals surface area contributed by atoms with Crippen LogP contribution in [0.3, 0.4) is 0 Å². The second-order valence-corrected chi connectivity index (χ2v) is 15.8. The zero-order chi connectivity index (χ0) is 33.0. The molecule has 2 aromatic rings. The third-order valence-corrected chi connectivity index (χ3v) is 12.3. The fourth-order valence-corrected chi connectivity index (χ4v) is 9.47. The molecule has 7 atom stereocenters. The zero-order valence-corrected chi connectivity index (χ0v) is 29.0. The van der Waals surface area contributed by atoms with Crippen molar-refractivity contribution in [2.45, 2.75) is 103 Å². The largest absolute Gasteiger partial charge is 0.462 e. The summed E-state index contributed by atoms with van der Waals surface area (Å²) in [6.45, 7) is 11.9. The summed E-state index contributed by atoms with van der Waals surface area (Å²) >= 11 is 12.1. The molecule has 0 radical (unpaired) electrons. The first-order chi connectivity index (χ1) is 21.7. The molecule has 4 fully saturated rings. The summed E-state index contributed by atoms with van der Waals surface area (Å²) in [6.07, 6.45) is 6.06. The minimum absolute atomic E-state index is 0.0580. The van der Waals surface area contributed by atoms with Crippen LogP contribution < -0.4 is 0 Å². The molecule has 2 aliphatic heterocycles. The van der Waals surface area contributed by atoms with Gasteiger partial charge < -0.3 is 23.7 Å². The third-order valence-electron chi connectivity index (χ3n) is 11.8. The molecule has 2 aliphatic carbocycles. The quantitative estimate of drug-likeness (QED) is 0.272. The van der Waals surface area contributed by atoms with Crippen molar-refractivity contribution >= 4 is 35.1 Å². The van der Waals surface area contributed by atoms with E-state index in [2.05, 4.69) is 20.8 Å². The van der Waals surface area contributed by atoms with Crippen LogP contribution in [0.1, 0.15) is 100 Å². The SMILES string of the molecule is C[C@@H]1CC[C@@H]2[C@]3(C)COC(C)(C)O[C@H]3CC[C@]2(C)[C@]12CC[C@@](CCOC(=O)c1ccc(Cl)cc1)(COC(=O)c1ccc(Cl)cc1)O2. The van der Waals surface area contributed by atoms with Crippen LogP contribution in [0, 0.1) is 22.7 Å². The summed E-state index contributed by atoms with van der Waals surface area (Å²) in [7, 11) is 0. The van der Waals surface area contributed by atoms with E-state index in [1.54, 1.807) is 48.5 Å². The molecule has 0 bridgehead atoms. The number of rotatable bonds is 7. The van der Waals surface area contributed by atoms with E-state index < -0.39 is 28.9 Å². The van der Waals surface area contributed by atoms with Crippen molar-refractivity contribution in [1.82, 2.24) is 0 Å². The maximum atomic E-state index is 13.2. The summed E-state index contributed by atoms with van der Waals surface area (Å²) in [4.78, 5) is 26.1. The second-order valence-electron chi connectivity index (χ2n) is 14.9. The Morgan fingerprint density at radius 1 is 0.826 bits per heavy atom. The molecule has 2 heterocycles. The lowest BCUT2D eigenvalue weighted by atomic mass is 9.43. The molecule has 2 aromatic carbocycles. The van der Waals surface area contributed by atoms with Gasteiger partial charge >= 0.3 is 11.9 Å². The number of halogens is 2. The van der Waals surface area contributed by atoms with Crippen LogP contribution in [0.25, 0.3) is 0 Å². The highest BCUT2D eigenvalue weighted by atomic mass is 35.5. The number of hydrogen-bond donors (Lipinski definition) is 0. The molecule has 1 spiro atoms. The molecule has 9 heteroatoms. The van der Waals surface area contributed by atoms with Gasteiger partial charge in [0, 0.05) is 27.3 Å². The summed E-state index contributed by atoms with van der Waals surface area (Å²) in [6, 6.07) is 13.3.